The molecule has 0 unspecified atom stereocenters. The SMILES string of the molecule is c1ccc(-c2cc(-c3ccccc3)cc(-c3nc4c(c5ccccc35)C3(c5ccccc5-c5ccccc53)c3ccccc3-4)c2)cc1. The van der Waals surface area contributed by atoms with E-state index in [0.29, 0.717) is 0 Å². The molecule has 1 aromatic heterocycles. The molecule has 7 aromatic carbocycles. The second-order valence-electron chi connectivity index (χ2n) is 12.6. The average molecular weight is 596 g/mol. The normalized spacial score (nSPS) is 13.3. The molecule has 0 amide bonds. The molecule has 0 atom stereocenters. The number of hydrogen-bond acceptors (Lipinski definition) is 1. The maximum Gasteiger partial charge on any atom is 0.0788 e. The van der Waals surface area contributed by atoms with Crippen molar-refractivity contribution >= 4 is 10.8 Å². The highest BCUT2D eigenvalue weighted by Crippen LogP contribution is 2.64. The minimum atomic E-state index is -0.439. The molecule has 8 aromatic rings. The van der Waals surface area contributed by atoms with E-state index >= 15 is 0 Å². The highest BCUT2D eigenvalue weighted by molar-refractivity contribution is 6.07. The highest BCUT2D eigenvalue weighted by atomic mass is 14.8. The van der Waals surface area contributed by atoms with Crippen LogP contribution in [0.5, 0.6) is 0 Å². The van der Waals surface area contributed by atoms with Gasteiger partial charge in [0.05, 0.1) is 16.8 Å². The first kappa shape index (κ1) is 26.2. The molecule has 1 heterocycles. The van der Waals surface area contributed by atoms with E-state index in [2.05, 4.69) is 176 Å². The fourth-order valence-corrected chi connectivity index (χ4v) is 8.36. The highest BCUT2D eigenvalue weighted by Gasteiger charge is 2.53. The van der Waals surface area contributed by atoms with Gasteiger partial charge in [0.1, 0.15) is 0 Å². The Morgan fingerprint density at radius 1 is 0.319 bits per heavy atom. The molecule has 2 aliphatic rings. The summed E-state index contributed by atoms with van der Waals surface area (Å²) in [5.74, 6) is 0. The number of aromatic nitrogens is 1. The van der Waals surface area contributed by atoms with Crippen molar-refractivity contribution in [3.8, 4) is 55.9 Å². The van der Waals surface area contributed by atoms with E-state index in [1.54, 1.807) is 0 Å². The van der Waals surface area contributed by atoms with Crippen LogP contribution in [0, 0.1) is 0 Å². The standard InChI is InChI=1S/C46H29N/c1-3-15-30(16-4-1)32-27-33(31-17-5-2-6-18-31)29-34(28-32)44-38-22-8-7-21-37(38)43-45(47-44)39-23-11-14-26-42(39)46(43)40-24-12-9-19-35(40)36-20-10-13-25-41(36)46/h1-29H. The molecule has 2 aliphatic carbocycles. The van der Waals surface area contributed by atoms with Crippen LogP contribution in [0.15, 0.2) is 176 Å². The number of rotatable bonds is 3. The zero-order valence-corrected chi connectivity index (χ0v) is 25.7. The van der Waals surface area contributed by atoms with E-state index in [-0.39, 0.29) is 0 Å². The minimum Gasteiger partial charge on any atom is -0.247 e. The summed E-state index contributed by atoms with van der Waals surface area (Å²) in [6.45, 7) is 0. The maximum atomic E-state index is 5.73. The molecule has 47 heavy (non-hydrogen) atoms. The summed E-state index contributed by atoms with van der Waals surface area (Å²) in [5, 5.41) is 2.42. The fourth-order valence-electron chi connectivity index (χ4n) is 8.36. The van der Waals surface area contributed by atoms with Crippen LogP contribution in [0.25, 0.3) is 66.7 Å². The van der Waals surface area contributed by atoms with Gasteiger partial charge in [0.25, 0.3) is 0 Å². The molecular formula is C46H29N. The quantitative estimate of drug-likeness (QED) is 0.198. The largest absolute Gasteiger partial charge is 0.247 e. The van der Waals surface area contributed by atoms with Crippen LogP contribution in [0.2, 0.25) is 0 Å². The van der Waals surface area contributed by atoms with Gasteiger partial charge in [0, 0.05) is 22.1 Å². The number of fused-ring (bicyclic) bond motifs is 12. The molecule has 1 nitrogen and oxygen atoms in total. The third-order valence-electron chi connectivity index (χ3n) is 10.2. The Kier molecular flexibility index (Phi) is 5.56. The first-order chi connectivity index (χ1) is 23.3. The van der Waals surface area contributed by atoms with Crippen molar-refractivity contribution in [2.75, 3.05) is 0 Å². The van der Waals surface area contributed by atoms with Gasteiger partial charge in [-0.1, -0.05) is 158 Å². The van der Waals surface area contributed by atoms with Crippen molar-refractivity contribution in [3.63, 3.8) is 0 Å². The Morgan fingerprint density at radius 2 is 0.745 bits per heavy atom. The number of hydrogen-bond donors (Lipinski definition) is 0. The van der Waals surface area contributed by atoms with Crippen molar-refractivity contribution < 1.29 is 0 Å². The van der Waals surface area contributed by atoms with Gasteiger partial charge >= 0.3 is 0 Å². The lowest BCUT2D eigenvalue weighted by Crippen LogP contribution is -2.26. The molecule has 1 spiro atoms. The van der Waals surface area contributed by atoms with Gasteiger partial charge in [-0.3, -0.25) is 0 Å². The van der Waals surface area contributed by atoms with E-state index in [9.17, 15) is 0 Å². The van der Waals surface area contributed by atoms with Gasteiger partial charge < -0.3 is 0 Å². The van der Waals surface area contributed by atoms with Gasteiger partial charge in [0.2, 0.25) is 0 Å². The third-order valence-corrected chi connectivity index (χ3v) is 10.2. The molecule has 0 N–H and O–H groups in total. The molecule has 0 saturated carbocycles. The van der Waals surface area contributed by atoms with Crippen molar-refractivity contribution in [1.82, 2.24) is 4.98 Å². The van der Waals surface area contributed by atoms with E-state index in [1.807, 2.05) is 0 Å². The zero-order valence-electron chi connectivity index (χ0n) is 25.7. The Morgan fingerprint density at radius 3 is 1.32 bits per heavy atom. The number of nitrogens with zero attached hydrogens (tertiary/aromatic N) is 1. The lowest BCUT2D eigenvalue weighted by Gasteiger charge is -2.31. The van der Waals surface area contributed by atoms with E-state index in [1.165, 1.54) is 72.0 Å². The first-order valence-electron chi connectivity index (χ1n) is 16.3. The fraction of sp³-hybridized carbons (Fsp3) is 0.0217. The van der Waals surface area contributed by atoms with Gasteiger partial charge in [-0.25, -0.2) is 4.98 Å². The van der Waals surface area contributed by atoms with E-state index in [4.69, 9.17) is 4.98 Å². The van der Waals surface area contributed by atoms with Crippen LogP contribution >= 0.6 is 0 Å². The minimum absolute atomic E-state index is 0.439. The molecule has 0 saturated heterocycles. The van der Waals surface area contributed by atoms with Crippen molar-refractivity contribution in [2.24, 2.45) is 0 Å². The summed E-state index contributed by atoms with van der Waals surface area (Å²) >= 11 is 0. The van der Waals surface area contributed by atoms with Crippen LogP contribution in [0.1, 0.15) is 22.3 Å². The van der Waals surface area contributed by atoms with Gasteiger partial charge in [-0.15, -0.1) is 0 Å². The average Bonchev–Trinajstić information content (AvgIpc) is 3.62. The summed E-state index contributed by atoms with van der Waals surface area (Å²) in [6, 6.07) is 64.1. The van der Waals surface area contributed by atoms with Crippen molar-refractivity contribution in [2.45, 2.75) is 5.41 Å². The zero-order chi connectivity index (χ0) is 31.0. The number of benzene rings is 7. The smallest absolute Gasteiger partial charge is 0.0788 e. The summed E-state index contributed by atoms with van der Waals surface area (Å²) in [7, 11) is 0. The van der Waals surface area contributed by atoms with Gasteiger partial charge in [0.15, 0.2) is 0 Å². The Hall–Kier alpha value is -6.05. The Labute approximate surface area is 274 Å². The molecule has 0 aliphatic heterocycles. The Balaban J connectivity index is 1.32. The maximum absolute atomic E-state index is 5.73. The molecule has 218 valence electrons. The van der Waals surface area contributed by atoms with Crippen molar-refractivity contribution in [3.05, 3.63) is 198 Å². The summed E-state index contributed by atoms with van der Waals surface area (Å²) in [5.41, 5.74) is 16.6. The Bertz CT molecular complexity index is 2410. The molecule has 0 bridgehead atoms. The second kappa shape index (κ2) is 9.97. The van der Waals surface area contributed by atoms with E-state index in [0.717, 1.165) is 17.0 Å². The van der Waals surface area contributed by atoms with E-state index < -0.39 is 5.41 Å². The van der Waals surface area contributed by atoms with Crippen LogP contribution < -0.4 is 0 Å². The lowest BCUT2D eigenvalue weighted by molar-refractivity contribution is 0.799. The molecule has 0 fully saturated rings. The van der Waals surface area contributed by atoms with Crippen LogP contribution in [0.3, 0.4) is 0 Å². The van der Waals surface area contributed by atoms with Crippen molar-refractivity contribution in [1.29, 1.82) is 0 Å². The van der Waals surface area contributed by atoms with Crippen LogP contribution in [0.4, 0.5) is 0 Å². The molecular weight excluding hydrogens is 567 g/mol. The summed E-state index contributed by atoms with van der Waals surface area (Å²) < 4.78 is 0. The molecule has 1 heteroatoms. The predicted molar refractivity (Wildman–Crippen MR) is 194 cm³/mol. The van der Waals surface area contributed by atoms with Gasteiger partial charge in [-0.2, -0.15) is 0 Å². The lowest BCUT2D eigenvalue weighted by atomic mass is 9.69. The van der Waals surface area contributed by atoms with Crippen LogP contribution in [-0.4, -0.2) is 4.98 Å². The van der Waals surface area contributed by atoms with Gasteiger partial charge in [-0.05, 0) is 73.7 Å². The molecule has 10 rings (SSSR count). The number of pyridine rings is 1. The van der Waals surface area contributed by atoms with Crippen LogP contribution in [-0.2, 0) is 5.41 Å². The topological polar surface area (TPSA) is 12.9 Å². The molecule has 0 radical (unpaired) electrons. The summed E-state index contributed by atoms with van der Waals surface area (Å²) in [4.78, 5) is 5.73. The third kappa shape index (κ3) is 3.63. The second-order valence-corrected chi connectivity index (χ2v) is 12.6. The predicted octanol–water partition coefficient (Wildman–Crippen LogP) is 11.6. The first-order valence-corrected chi connectivity index (χ1v) is 16.3. The monoisotopic (exact) mass is 595 g/mol. The summed E-state index contributed by atoms with van der Waals surface area (Å²) in [6.07, 6.45) is 0.